The lowest BCUT2D eigenvalue weighted by molar-refractivity contribution is -0.137. The monoisotopic (exact) mass is 612 g/mol. The summed E-state index contributed by atoms with van der Waals surface area (Å²) in [6, 6.07) is 5.86. The molecule has 1 saturated heterocycles. The van der Waals surface area contributed by atoms with Crippen molar-refractivity contribution in [2.45, 2.75) is 44.3 Å². The topological polar surface area (TPSA) is 91.0 Å². The van der Waals surface area contributed by atoms with Crippen LogP contribution in [0.1, 0.15) is 47.3 Å². The highest BCUT2D eigenvalue weighted by molar-refractivity contribution is 7.18. The Kier molecular flexibility index (Phi) is 9.22. The summed E-state index contributed by atoms with van der Waals surface area (Å²) in [4.78, 5) is 42.3. The van der Waals surface area contributed by atoms with E-state index in [1.54, 1.807) is 12.1 Å². The van der Waals surface area contributed by atoms with Crippen molar-refractivity contribution in [1.82, 2.24) is 10.2 Å². The van der Waals surface area contributed by atoms with Crippen LogP contribution in [0.5, 0.6) is 0 Å². The van der Waals surface area contributed by atoms with Gasteiger partial charge in [0, 0.05) is 31.9 Å². The molecule has 222 valence electrons. The average Bonchev–Trinajstić information content (AvgIpc) is 3.62. The van der Waals surface area contributed by atoms with Crippen molar-refractivity contribution in [3.63, 3.8) is 0 Å². The van der Waals surface area contributed by atoms with Crippen molar-refractivity contribution >= 4 is 52.0 Å². The fourth-order valence-corrected chi connectivity index (χ4v) is 6.10. The molecule has 41 heavy (non-hydrogen) atoms. The van der Waals surface area contributed by atoms with Crippen LogP contribution in [0.2, 0.25) is 4.34 Å². The third kappa shape index (κ3) is 7.59. The standard InChI is InChI=1S/C28H32ClF3N4O4S/c29-24-9-8-23(41-24)27(39)33-13-22(35(15-18-4-5-18)14-17-2-1-3-17)26(38)34-19-6-7-21(20(12-19)28(30,31)32)36-10-11-40-16-25(36)37/h6-9,12,17-18,22H,1-5,10-11,13-16H2,(H,33,39)(H,34,38)/t22-/m1/s1. The number of hydrogen-bond acceptors (Lipinski definition) is 6. The Morgan fingerprint density at radius 1 is 1.12 bits per heavy atom. The molecule has 2 saturated carbocycles. The summed E-state index contributed by atoms with van der Waals surface area (Å²) < 4.78 is 47.8. The third-order valence-corrected chi connectivity index (χ3v) is 8.98. The minimum Gasteiger partial charge on any atom is -0.370 e. The number of nitrogens with zero attached hydrogens (tertiary/aromatic N) is 2. The predicted octanol–water partition coefficient (Wildman–Crippen LogP) is 5.03. The second kappa shape index (κ2) is 12.7. The number of rotatable bonds is 11. The van der Waals surface area contributed by atoms with Gasteiger partial charge in [-0.05, 0) is 67.9 Å². The minimum absolute atomic E-state index is 0.00212. The van der Waals surface area contributed by atoms with E-state index in [4.69, 9.17) is 16.3 Å². The maximum atomic E-state index is 14.1. The second-order valence-electron chi connectivity index (χ2n) is 10.8. The van der Waals surface area contributed by atoms with E-state index in [0.717, 1.165) is 54.4 Å². The van der Waals surface area contributed by atoms with Crippen LogP contribution in [0, 0.1) is 11.8 Å². The zero-order valence-corrected chi connectivity index (χ0v) is 23.9. The highest BCUT2D eigenvalue weighted by atomic mass is 35.5. The quantitative estimate of drug-likeness (QED) is 0.371. The van der Waals surface area contributed by atoms with E-state index >= 15 is 0 Å². The molecule has 0 bridgehead atoms. The Bertz CT molecular complexity index is 1280. The van der Waals surface area contributed by atoms with Gasteiger partial charge in [0.25, 0.3) is 11.8 Å². The fraction of sp³-hybridized carbons (Fsp3) is 0.536. The van der Waals surface area contributed by atoms with Crippen molar-refractivity contribution in [2.75, 3.05) is 49.6 Å². The van der Waals surface area contributed by atoms with Crippen molar-refractivity contribution in [1.29, 1.82) is 0 Å². The van der Waals surface area contributed by atoms with Gasteiger partial charge >= 0.3 is 6.18 Å². The minimum atomic E-state index is -4.76. The molecule has 2 heterocycles. The Morgan fingerprint density at radius 3 is 2.44 bits per heavy atom. The summed E-state index contributed by atoms with van der Waals surface area (Å²) >= 11 is 7.10. The molecule has 5 rings (SSSR count). The predicted molar refractivity (Wildman–Crippen MR) is 150 cm³/mol. The Balaban J connectivity index is 1.37. The number of anilines is 2. The largest absolute Gasteiger partial charge is 0.418 e. The molecule has 0 radical (unpaired) electrons. The summed E-state index contributed by atoms with van der Waals surface area (Å²) in [5.74, 6) is -0.531. The number of carbonyl (C=O) groups excluding carboxylic acids is 3. The summed E-state index contributed by atoms with van der Waals surface area (Å²) in [7, 11) is 0. The van der Waals surface area contributed by atoms with Crippen LogP contribution in [0.25, 0.3) is 0 Å². The van der Waals surface area contributed by atoms with Crippen molar-refractivity contribution < 1.29 is 32.3 Å². The van der Waals surface area contributed by atoms with Crippen LogP contribution in [-0.2, 0) is 20.5 Å². The van der Waals surface area contributed by atoms with E-state index in [1.807, 2.05) is 0 Å². The van der Waals surface area contributed by atoms with E-state index in [0.29, 0.717) is 34.1 Å². The molecule has 0 unspecified atom stereocenters. The molecule has 2 aromatic rings. The second-order valence-corrected chi connectivity index (χ2v) is 12.6. The number of hydrogen-bond donors (Lipinski definition) is 2. The zero-order valence-electron chi connectivity index (χ0n) is 22.3. The normalized spacial score (nSPS) is 18.8. The summed E-state index contributed by atoms with van der Waals surface area (Å²) in [5.41, 5.74) is -1.33. The number of alkyl halides is 3. The van der Waals surface area contributed by atoms with Gasteiger partial charge in [0.15, 0.2) is 0 Å². The molecule has 1 aromatic carbocycles. The van der Waals surface area contributed by atoms with Gasteiger partial charge < -0.3 is 20.3 Å². The van der Waals surface area contributed by atoms with Gasteiger partial charge in [-0.15, -0.1) is 11.3 Å². The van der Waals surface area contributed by atoms with Gasteiger partial charge in [0.2, 0.25) is 5.91 Å². The van der Waals surface area contributed by atoms with Gasteiger partial charge in [-0.2, -0.15) is 13.2 Å². The van der Waals surface area contributed by atoms with Crippen LogP contribution in [-0.4, -0.2) is 68.1 Å². The molecule has 2 N–H and O–H groups in total. The molecule has 2 aliphatic carbocycles. The highest BCUT2D eigenvalue weighted by Crippen LogP contribution is 2.39. The molecule has 13 heteroatoms. The van der Waals surface area contributed by atoms with Gasteiger partial charge in [-0.25, -0.2) is 0 Å². The molecule has 1 atom stereocenters. The molecule has 3 amide bonds. The number of morpholine rings is 1. The molecule has 8 nitrogen and oxygen atoms in total. The van der Waals surface area contributed by atoms with Gasteiger partial charge in [-0.1, -0.05) is 18.0 Å². The first-order chi connectivity index (χ1) is 19.6. The maximum Gasteiger partial charge on any atom is 0.418 e. The number of amides is 3. The van der Waals surface area contributed by atoms with Gasteiger partial charge in [0.1, 0.15) is 12.6 Å². The highest BCUT2D eigenvalue weighted by Gasteiger charge is 2.38. The van der Waals surface area contributed by atoms with E-state index in [1.165, 1.54) is 12.1 Å². The molecule has 0 spiro atoms. The first-order valence-electron chi connectivity index (χ1n) is 13.8. The summed E-state index contributed by atoms with van der Waals surface area (Å²) in [5, 5.41) is 5.50. The number of thiophene rings is 1. The number of benzene rings is 1. The molecule has 3 fully saturated rings. The smallest absolute Gasteiger partial charge is 0.370 e. The fourth-order valence-electron chi connectivity index (χ4n) is 5.14. The van der Waals surface area contributed by atoms with Crippen molar-refractivity contribution in [3.8, 4) is 0 Å². The van der Waals surface area contributed by atoms with Gasteiger partial charge in [0.05, 0.1) is 27.1 Å². The lowest BCUT2D eigenvalue weighted by atomic mass is 9.84. The SMILES string of the molecule is O=C(NC[C@H](C(=O)Nc1ccc(N2CCOCC2=O)c(C(F)(F)F)c1)N(CC1CCC1)CC1CC1)c1ccc(Cl)s1. The number of ether oxygens (including phenoxy) is 1. The van der Waals surface area contributed by atoms with Crippen LogP contribution in [0.4, 0.5) is 24.5 Å². The summed E-state index contributed by atoms with van der Waals surface area (Å²) in [6.45, 7) is 1.19. The Hall–Kier alpha value is -2.67. The lowest BCUT2D eigenvalue weighted by Crippen LogP contribution is -2.53. The number of halogens is 4. The Labute approximate surface area is 245 Å². The Morgan fingerprint density at radius 2 is 1.85 bits per heavy atom. The lowest BCUT2D eigenvalue weighted by Gasteiger charge is -2.37. The molecule has 3 aliphatic rings. The van der Waals surface area contributed by atoms with E-state index in [-0.39, 0.29) is 43.6 Å². The molecule has 1 aromatic heterocycles. The van der Waals surface area contributed by atoms with Crippen molar-refractivity contribution in [3.05, 3.63) is 45.1 Å². The maximum absolute atomic E-state index is 14.1. The van der Waals surface area contributed by atoms with Crippen LogP contribution < -0.4 is 15.5 Å². The van der Waals surface area contributed by atoms with Gasteiger partial charge in [-0.3, -0.25) is 19.3 Å². The average molecular weight is 613 g/mol. The molecular formula is C28H32ClF3N4O4S. The number of nitrogens with one attached hydrogen (secondary N) is 2. The molecule has 1 aliphatic heterocycles. The first kappa shape index (κ1) is 29.8. The van der Waals surface area contributed by atoms with E-state index in [2.05, 4.69) is 15.5 Å². The third-order valence-electron chi connectivity index (χ3n) is 7.75. The van der Waals surface area contributed by atoms with Crippen LogP contribution in [0.3, 0.4) is 0 Å². The number of carbonyl (C=O) groups is 3. The van der Waals surface area contributed by atoms with Crippen molar-refractivity contribution in [2.24, 2.45) is 11.8 Å². The zero-order chi connectivity index (χ0) is 29.1. The summed E-state index contributed by atoms with van der Waals surface area (Å²) in [6.07, 6.45) is 0.621. The van der Waals surface area contributed by atoms with E-state index < -0.39 is 29.6 Å². The first-order valence-corrected chi connectivity index (χ1v) is 15.0. The van der Waals surface area contributed by atoms with Crippen LogP contribution >= 0.6 is 22.9 Å². The van der Waals surface area contributed by atoms with E-state index in [9.17, 15) is 27.6 Å². The van der Waals surface area contributed by atoms with Crippen LogP contribution in [0.15, 0.2) is 30.3 Å². The molecular weight excluding hydrogens is 581 g/mol.